The van der Waals surface area contributed by atoms with Crippen molar-refractivity contribution in [1.29, 1.82) is 0 Å². The molecule has 1 atom stereocenters. The van der Waals surface area contributed by atoms with Gasteiger partial charge in [0.25, 0.3) is 5.91 Å². The second-order valence-electron chi connectivity index (χ2n) is 9.03. The van der Waals surface area contributed by atoms with E-state index in [0.717, 1.165) is 16.7 Å². The van der Waals surface area contributed by atoms with E-state index in [9.17, 15) is 9.59 Å². The number of benzene rings is 1. The van der Waals surface area contributed by atoms with Crippen LogP contribution in [0.2, 0.25) is 0 Å². The number of nitrogens with one attached hydrogen (secondary N) is 1. The topological polar surface area (TPSA) is 80.1 Å². The number of carbonyl (C=O) groups is 2. The summed E-state index contributed by atoms with van der Waals surface area (Å²) < 4.78 is 1.78. The first-order valence-corrected chi connectivity index (χ1v) is 11.5. The highest BCUT2D eigenvalue weighted by Gasteiger charge is 2.46. The summed E-state index contributed by atoms with van der Waals surface area (Å²) in [7, 11) is 0. The van der Waals surface area contributed by atoms with Crippen LogP contribution in [0.15, 0.2) is 61.2 Å². The maximum atomic E-state index is 13.3. The number of hydrogen-bond donors (Lipinski definition) is 1. The Morgan fingerprint density at radius 1 is 1.15 bits per heavy atom. The Hall–Kier alpha value is -3.48. The highest BCUT2D eigenvalue weighted by molar-refractivity contribution is 5.95. The van der Waals surface area contributed by atoms with Crippen molar-refractivity contribution in [3.05, 3.63) is 72.3 Å². The zero-order chi connectivity index (χ0) is 23.4. The van der Waals surface area contributed by atoms with Crippen molar-refractivity contribution < 1.29 is 9.59 Å². The fourth-order valence-electron chi connectivity index (χ4n) is 4.51. The zero-order valence-corrected chi connectivity index (χ0v) is 19.5. The minimum Gasteiger partial charge on any atom is -0.356 e. The van der Waals surface area contributed by atoms with E-state index in [4.69, 9.17) is 0 Å². The summed E-state index contributed by atoms with van der Waals surface area (Å²) >= 11 is 0. The Morgan fingerprint density at radius 2 is 1.94 bits per heavy atom. The lowest BCUT2D eigenvalue weighted by Gasteiger charge is -2.28. The molecule has 7 nitrogen and oxygen atoms in total. The van der Waals surface area contributed by atoms with E-state index < -0.39 is 5.41 Å². The van der Waals surface area contributed by atoms with E-state index in [1.54, 1.807) is 34.4 Å². The maximum absolute atomic E-state index is 13.3. The molecule has 3 aromatic rings. The van der Waals surface area contributed by atoms with Crippen LogP contribution in [0.25, 0.3) is 11.1 Å². The van der Waals surface area contributed by atoms with E-state index in [-0.39, 0.29) is 17.9 Å². The first-order valence-electron chi connectivity index (χ1n) is 11.5. The smallest absolute Gasteiger partial charge is 0.257 e. The Labute approximate surface area is 194 Å². The number of hydrogen-bond acceptors (Lipinski definition) is 4. The quantitative estimate of drug-likeness (QED) is 0.601. The summed E-state index contributed by atoms with van der Waals surface area (Å²) in [4.78, 5) is 32.3. The minimum absolute atomic E-state index is 0.00693. The molecule has 0 bridgehead atoms. The van der Waals surface area contributed by atoms with Gasteiger partial charge >= 0.3 is 0 Å². The third-order valence-corrected chi connectivity index (χ3v) is 6.32. The molecule has 0 spiro atoms. The molecular formula is C26H31N5O2. The molecule has 1 N–H and O–H groups in total. The van der Waals surface area contributed by atoms with E-state index in [1.165, 1.54) is 0 Å². The molecule has 0 saturated carbocycles. The van der Waals surface area contributed by atoms with Gasteiger partial charge in [-0.25, -0.2) is 0 Å². The summed E-state index contributed by atoms with van der Waals surface area (Å²) in [6.45, 7) is 7.48. The lowest BCUT2D eigenvalue weighted by Crippen LogP contribution is -2.45. The standard InChI is InChI=1S/C26H31N5O2/c1-4-28-25(33)26(15-20-6-5-7-22(14-20)21-8-11-27-12-9-21)10-13-30(18-26)24(32)23-16-29-31(17-23)19(2)3/h5-9,11-12,14,16-17,19H,4,10,13,15,18H2,1-3H3,(H,28,33). The average Bonchev–Trinajstić information content (AvgIpc) is 3.48. The van der Waals surface area contributed by atoms with Crippen LogP contribution < -0.4 is 5.32 Å². The van der Waals surface area contributed by atoms with Crippen molar-refractivity contribution in [3.63, 3.8) is 0 Å². The highest BCUT2D eigenvalue weighted by atomic mass is 16.2. The Bertz CT molecular complexity index is 1120. The van der Waals surface area contributed by atoms with E-state index in [0.29, 0.717) is 38.0 Å². The molecule has 0 aliphatic carbocycles. The summed E-state index contributed by atoms with van der Waals surface area (Å²) in [6, 6.07) is 12.4. The third kappa shape index (κ3) is 4.82. The van der Waals surface area contributed by atoms with Gasteiger partial charge in [0.2, 0.25) is 5.91 Å². The van der Waals surface area contributed by atoms with Crippen molar-refractivity contribution in [1.82, 2.24) is 25.0 Å². The second kappa shape index (κ2) is 9.57. The molecule has 1 saturated heterocycles. The maximum Gasteiger partial charge on any atom is 0.257 e. The van der Waals surface area contributed by atoms with Crippen LogP contribution in [0.3, 0.4) is 0 Å². The van der Waals surface area contributed by atoms with Crippen molar-refractivity contribution >= 4 is 11.8 Å². The summed E-state index contributed by atoms with van der Waals surface area (Å²) in [5.41, 5.74) is 3.17. The van der Waals surface area contributed by atoms with Gasteiger partial charge in [-0.2, -0.15) is 5.10 Å². The van der Waals surface area contributed by atoms with Gasteiger partial charge in [-0.05, 0) is 62.4 Å². The SMILES string of the molecule is CCNC(=O)C1(Cc2cccc(-c3ccncc3)c2)CCN(C(=O)c2cnn(C(C)C)c2)C1. The first-order chi connectivity index (χ1) is 15.9. The molecule has 4 rings (SSSR count). The molecule has 1 fully saturated rings. The average molecular weight is 446 g/mol. The molecule has 172 valence electrons. The van der Waals surface area contributed by atoms with Crippen LogP contribution >= 0.6 is 0 Å². The van der Waals surface area contributed by atoms with Crippen molar-refractivity contribution in [3.8, 4) is 11.1 Å². The molecule has 2 amide bonds. The number of carbonyl (C=O) groups excluding carboxylic acids is 2. The fraction of sp³-hybridized carbons (Fsp3) is 0.385. The number of aromatic nitrogens is 3. The van der Waals surface area contributed by atoms with Crippen molar-refractivity contribution in [2.75, 3.05) is 19.6 Å². The van der Waals surface area contributed by atoms with Crippen molar-refractivity contribution in [2.24, 2.45) is 5.41 Å². The van der Waals surface area contributed by atoms with Gasteiger partial charge in [-0.1, -0.05) is 24.3 Å². The van der Waals surface area contributed by atoms with Crippen LogP contribution in [-0.2, 0) is 11.2 Å². The molecule has 1 aromatic carbocycles. The predicted octanol–water partition coefficient (Wildman–Crippen LogP) is 3.74. The summed E-state index contributed by atoms with van der Waals surface area (Å²) in [5.74, 6) is -0.0638. The Morgan fingerprint density at radius 3 is 2.64 bits per heavy atom. The zero-order valence-electron chi connectivity index (χ0n) is 19.5. The van der Waals surface area contributed by atoms with Gasteiger partial charge in [-0.15, -0.1) is 0 Å². The van der Waals surface area contributed by atoms with E-state index in [1.807, 2.05) is 39.0 Å². The molecule has 3 heterocycles. The summed E-state index contributed by atoms with van der Waals surface area (Å²) in [6.07, 6.45) is 8.17. The largest absolute Gasteiger partial charge is 0.356 e. The monoisotopic (exact) mass is 445 g/mol. The Kier molecular flexibility index (Phi) is 6.58. The van der Waals surface area contributed by atoms with E-state index in [2.05, 4.69) is 33.6 Å². The Balaban J connectivity index is 1.58. The van der Waals surface area contributed by atoms with Gasteiger partial charge in [0.1, 0.15) is 0 Å². The third-order valence-electron chi connectivity index (χ3n) is 6.32. The molecule has 7 heteroatoms. The molecule has 33 heavy (non-hydrogen) atoms. The van der Waals surface area contributed by atoms with Crippen LogP contribution in [0.4, 0.5) is 0 Å². The highest BCUT2D eigenvalue weighted by Crippen LogP contribution is 2.36. The van der Waals surface area contributed by atoms with Crippen LogP contribution in [0.1, 0.15) is 49.2 Å². The molecule has 2 aromatic heterocycles. The van der Waals surface area contributed by atoms with Crippen LogP contribution in [0.5, 0.6) is 0 Å². The molecule has 1 aliphatic rings. The number of likely N-dealkylation sites (tertiary alicyclic amines) is 1. The summed E-state index contributed by atoms with van der Waals surface area (Å²) in [5, 5.41) is 7.31. The van der Waals surface area contributed by atoms with Gasteiger partial charge in [-0.3, -0.25) is 19.3 Å². The lowest BCUT2D eigenvalue weighted by atomic mass is 9.79. The predicted molar refractivity (Wildman–Crippen MR) is 128 cm³/mol. The molecule has 1 aliphatic heterocycles. The van der Waals surface area contributed by atoms with E-state index >= 15 is 0 Å². The normalized spacial score (nSPS) is 18.0. The van der Waals surface area contributed by atoms with Gasteiger partial charge < -0.3 is 10.2 Å². The fourth-order valence-corrected chi connectivity index (χ4v) is 4.51. The van der Waals surface area contributed by atoms with Gasteiger partial charge in [0, 0.05) is 44.3 Å². The number of amides is 2. The second-order valence-corrected chi connectivity index (χ2v) is 9.03. The number of pyridine rings is 1. The molecular weight excluding hydrogens is 414 g/mol. The minimum atomic E-state index is -0.656. The van der Waals surface area contributed by atoms with Gasteiger partial charge in [0.05, 0.1) is 17.2 Å². The molecule has 1 unspecified atom stereocenters. The number of rotatable bonds is 7. The van der Waals surface area contributed by atoms with Crippen LogP contribution in [0, 0.1) is 5.41 Å². The van der Waals surface area contributed by atoms with Crippen LogP contribution in [-0.4, -0.2) is 51.1 Å². The van der Waals surface area contributed by atoms with Gasteiger partial charge in [0.15, 0.2) is 0 Å². The molecule has 0 radical (unpaired) electrons. The first kappa shape index (κ1) is 22.7. The lowest BCUT2D eigenvalue weighted by molar-refractivity contribution is -0.130. The van der Waals surface area contributed by atoms with Crippen molar-refractivity contribution in [2.45, 2.75) is 39.7 Å². The number of nitrogens with zero attached hydrogens (tertiary/aromatic N) is 4.